The Morgan fingerprint density at radius 3 is 3.04 bits per heavy atom. The molecular weight excluding hydrogens is 330 g/mol. The zero-order valence-electron chi connectivity index (χ0n) is 14.0. The molecule has 0 saturated heterocycles. The van der Waals surface area contributed by atoms with Gasteiger partial charge in [-0.3, -0.25) is 4.79 Å². The van der Waals surface area contributed by atoms with Crippen LogP contribution in [0.25, 0.3) is 22.2 Å². The number of nitrogens with zero attached hydrogens (tertiary/aromatic N) is 1. The quantitative estimate of drug-likeness (QED) is 0.690. The van der Waals surface area contributed by atoms with Crippen LogP contribution < -0.4 is 5.32 Å². The molecule has 2 heterocycles. The van der Waals surface area contributed by atoms with Gasteiger partial charge in [0.2, 0.25) is 5.91 Å². The van der Waals surface area contributed by atoms with E-state index in [1.54, 1.807) is 0 Å². The molecule has 0 spiro atoms. The van der Waals surface area contributed by atoms with Gasteiger partial charge in [0, 0.05) is 34.5 Å². The number of hydrogen-bond acceptors (Lipinski definition) is 3. The van der Waals surface area contributed by atoms with Gasteiger partial charge >= 0.3 is 0 Å². The van der Waals surface area contributed by atoms with Crippen LogP contribution in [0.3, 0.4) is 0 Å². The number of benzene rings is 1. The van der Waals surface area contributed by atoms with Gasteiger partial charge in [0.1, 0.15) is 0 Å². The van der Waals surface area contributed by atoms with Crippen LogP contribution in [0.2, 0.25) is 0 Å². The topological polar surface area (TPSA) is 57.8 Å². The Bertz CT molecular complexity index is 928. The predicted molar refractivity (Wildman–Crippen MR) is 102 cm³/mol. The summed E-state index contributed by atoms with van der Waals surface area (Å²) in [6.07, 6.45) is 7.94. The minimum atomic E-state index is 0.123. The second-order valence-corrected chi connectivity index (χ2v) is 8.33. The molecule has 2 saturated carbocycles. The number of nitrogens with one attached hydrogen (secondary N) is 2. The lowest BCUT2D eigenvalue weighted by atomic mass is 9.86. The van der Waals surface area contributed by atoms with E-state index in [0.29, 0.717) is 17.5 Å². The van der Waals surface area contributed by atoms with E-state index in [2.05, 4.69) is 27.4 Å². The van der Waals surface area contributed by atoms with Crippen molar-refractivity contribution in [1.29, 1.82) is 0 Å². The highest BCUT2D eigenvalue weighted by molar-refractivity contribution is 7.14. The molecule has 3 atom stereocenters. The molecule has 2 N–H and O–H groups in total. The standard InChI is InChI=1S/C20H21N3OS/c24-19(9-14-8-12-5-6-13(14)7-12)23-20-22-18(11-25-20)16-10-21-17-4-2-1-3-15(16)17/h1-4,10-14,21H,5-9H2,(H,22,23,24)/t12-,13-,14-/m1/s1. The fraction of sp³-hybridized carbons (Fsp3) is 0.400. The highest BCUT2D eigenvalue weighted by Crippen LogP contribution is 2.49. The Kier molecular flexibility index (Phi) is 3.63. The Morgan fingerprint density at radius 2 is 2.20 bits per heavy atom. The van der Waals surface area contributed by atoms with Crippen molar-refractivity contribution in [2.45, 2.75) is 32.1 Å². The van der Waals surface area contributed by atoms with Crippen LogP contribution in [-0.4, -0.2) is 15.9 Å². The normalized spacial score (nSPS) is 24.9. The summed E-state index contributed by atoms with van der Waals surface area (Å²) in [5, 5.41) is 6.90. The first-order valence-corrected chi connectivity index (χ1v) is 9.96. The maximum absolute atomic E-state index is 12.4. The molecule has 2 aromatic heterocycles. The second kappa shape index (κ2) is 5.99. The van der Waals surface area contributed by atoms with E-state index in [-0.39, 0.29) is 5.91 Å². The first kappa shape index (κ1) is 15.1. The predicted octanol–water partition coefficient (Wildman–Crippen LogP) is 5.06. The SMILES string of the molecule is O=C(C[C@H]1C[C@@H]2CC[C@@H]1C2)Nc1nc(-c2c[nH]c3ccccc23)cs1. The average molecular weight is 351 g/mol. The molecule has 5 rings (SSSR count). The largest absolute Gasteiger partial charge is 0.360 e. The number of hydrogen-bond donors (Lipinski definition) is 2. The van der Waals surface area contributed by atoms with Crippen LogP contribution >= 0.6 is 11.3 Å². The molecule has 0 aliphatic heterocycles. The third kappa shape index (κ3) is 2.76. The van der Waals surface area contributed by atoms with Gasteiger partial charge in [-0.2, -0.15) is 0 Å². The fourth-order valence-corrected chi connectivity index (χ4v) is 5.50. The fourth-order valence-electron chi connectivity index (χ4n) is 4.77. The van der Waals surface area contributed by atoms with Crippen molar-refractivity contribution in [3.05, 3.63) is 35.8 Å². The van der Waals surface area contributed by atoms with Crippen molar-refractivity contribution < 1.29 is 4.79 Å². The molecule has 4 nitrogen and oxygen atoms in total. The van der Waals surface area contributed by atoms with E-state index in [1.165, 1.54) is 37.0 Å². The van der Waals surface area contributed by atoms with Crippen LogP contribution in [0.15, 0.2) is 35.8 Å². The van der Waals surface area contributed by atoms with Crippen LogP contribution in [0.4, 0.5) is 5.13 Å². The van der Waals surface area contributed by atoms with E-state index < -0.39 is 0 Å². The number of carbonyl (C=O) groups excluding carboxylic acids is 1. The zero-order chi connectivity index (χ0) is 16.8. The molecule has 1 aromatic carbocycles. The van der Waals surface area contributed by atoms with Crippen molar-refractivity contribution in [3.63, 3.8) is 0 Å². The first-order chi connectivity index (χ1) is 12.3. The van der Waals surface area contributed by atoms with Crippen molar-refractivity contribution in [2.24, 2.45) is 17.8 Å². The Morgan fingerprint density at radius 1 is 1.28 bits per heavy atom. The summed E-state index contributed by atoms with van der Waals surface area (Å²) in [7, 11) is 0. The van der Waals surface area contributed by atoms with Crippen molar-refractivity contribution in [1.82, 2.24) is 9.97 Å². The van der Waals surface area contributed by atoms with Crippen molar-refractivity contribution in [3.8, 4) is 11.3 Å². The zero-order valence-corrected chi connectivity index (χ0v) is 14.8. The molecule has 128 valence electrons. The summed E-state index contributed by atoms with van der Waals surface area (Å²) < 4.78 is 0. The van der Waals surface area contributed by atoms with Gasteiger partial charge in [-0.05, 0) is 43.1 Å². The number of H-pyrrole nitrogens is 1. The van der Waals surface area contributed by atoms with Gasteiger partial charge in [-0.1, -0.05) is 24.6 Å². The number of aromatic amines is 1. The van der Waals surface area contributed by atoms with Crippen LogP contribution in [0.1, 0.15) is 32.1 Å². The lowest BCUT2D eigenvalue weighted by Crippen LogP contribution is -2.20. The molecular formula is C20H21N3OS. The van der Waals surface area contributed by atoms with Gasteiger partial charge in [0.25, 0.3) is 0 Å². The van der Waals surface area contributed by atoms with E-state index in [0.717, 1.165) is 34.0 Å². The van der Waals surface area contributed by atoms with Gasteiger partial charge in [-0.25, -0.2) is 4.98 Å². The van der Waals surface area contributed by atoms with Gasteiger partial charge in [0.05, 0.1) is 5.69 Å². The average Bonchev–Trinajstić information content (AvgIpc) is 3.38. The third-order valence-electron chi connectivity index (χ3n) is 5.95. The van der Waals surface area contributed by atoms with Crippen LogP contribution in [0.5, 0.6) is 0 Å². The monoisotopic (exact) mass is 351 g/mol. The summed E-state index contributed by atoms with van der Waals surface area (Å²) in [5.41, 5.74) is 3.10. The van der Waals surface area contributed by atoms with Gasteiger partial charge in [0.15, 0.2) is 5.13 Å². The summed E-state index contributed by atoms with van der Waals surface area (Å²) >= 11 is 1.50. The lowest BCUT2D eigenvalue weighted by molar-refractivity contribution is -0.117. The first-order valence-electron chi connectivity index (χ1n) is 9.08. The van der Waals surface area contributed by atoms with E-state index in [9.17, 15) is 4.79 Å². The number of anilines is 1. The lowest BCUT2D eigenvalue weighted by Gasteiger charge is -2.20. The number of rotatable bonds is 4. The summed E-state index contributed by atoms with van der Waals surface area (Å²) in [6.45, 7) is 0. The molecule has 5 heteroatoms. The number of carbonyl (C=O) groups is 1. The second-order valence-electron chi connectivity index (χ2n) is 7.47. The third-order valence-corrected chi connectivity index (χ3v) is 6.71. The van der Waals surface area contributed by atoms with E-state index in [4.69, 9.17) is 0 Å². The number of fused-ring (bicyclic) bond motifs is 3. The molecule has 2 aliphatic rings. The summed E-state index contributed by atoms with van der Waals surface area (Å²) in [6, 6.07) is 8.20. The minimum Gasteiger partial charge on any atom is -0.360 e. The number of para-hydroxylation sites is 1. The highest BCUT2D eigenvalue weighted by Gasteiger charge is 2.40. The molecule has 2 aliphatic carbocycles. The Labute approximate surface area is 150 Å². The van der Waals surface area contributed by atoms with Crippen molar-refractivity contribution in [2.75, 3.05) is 5.32 Å². The number of thiazole rings is 1. The molecule has 2 fully saturated rings. The van der Waals surface area contributed by atoms with Gasteiger partial charge in [-0.15, -0.1) is 11.3 Å². The smallest absolute Gasteiger partial charge is 0.226 e. The summed E-state index contributed by atoms with van der Waals surface area (Å²) in [5.74, 6) is 2.38. The van der Waals surface area contributed by atoms with E-state index in [1.807, 2.05) is 23.7 Å². The number of aromatic nitrogens is 2. The van der Waals surface area contributed by atoms with Crippen LogP contribution in [0, 0.1) is 17.8 Å². The van der Waals surface area contributed by atoms with E-state index >= 15 is 0 Å². The maximum atomic E-state index is 12.4. The molecule has 25 heavy (non-hydrogen) atoms. The Hall–Kier alpha value is -2.14. The highest BCUT2D eigenvalue weighted by atomic mass is 32.1. The maximum Gasteiger partial charge on any atom is 0.226 e. The minimum absolute atomic E-state index is 0.123. The molecule has 3 aromatic rings. The molecule has 0 radical (unpaired) electrons. The summed E-state index contributed by atoms with van der Waals surface area (Å²) in [4.78, 5) is 20.3. The van der Waals surface area contributed by atoms with Gasteiger partial charge < -0.3 is 10.3 Å². The number of amides is 1. The molecule has 0 unspecified atom stereocenters. The Balaban J connectivity index is 1.29. The van der Waals surface area contributed by atoms with Crippen LogP contribution in [-0.2, 0) is 4.79 Å². The molecule has 1 amide bonds. The van der Waals surface area contributed by atoms with Crippen molar-refractivity contribution >= 4 is 33.3 Å². The molecule has 2 bridgehead atoms.